The number of carbonyl (C=O) groups excluding carboxylic acids is 1. The highest BCUT2D eigenvalue weighted by molar-refractivity contribution is 7.08. The van der Waals surface area contributed by atoms with Crippen LogP contribution in [0.1, 0.15) is 34.9 Å². The fourth-order valence-electron chi connectivity index (χ4n) is 3.21. The Morgan fingerprint density at radius 3 is 2.79 bits per heavy atom. The molecular formula is C22H23NO4S2. The number of hydrogen-bond donors (Lipinski definition) is 0. The maximum atomic E-state index is 12.2. The van der Waals surface area contributed by atoms with Gasteiger partial charge in [0.1, 0.15) is 6.10 Å². The number of fused-ring (bicyclic) bond motifs is 1. The molecule has 7 heteroatoms. The molecule has 29 heavy (non-hydrogen) atoms. The van der Waals surface area contributed by atoms with Gasteiger partial charge in [0, 0.05) is 42.4 Å². The normalized spacial score (nSPS) is 13.6. The van der Waals surface area contributed by atoms with Crippen LogP contribution in [0.3, 0.4) is 0 Å². The van der Waals surface area contributed by atoms with Crippen molar-refractivity contribution >= 4 is 28.5 Å². The second-order valence-electron chi connectivity index (χ2n) is 6.93. The molecule has 1 aromatic carbocycles. The van der Waals surface area contributed by atoms with Crippen LogP contribution < -0.4 is 14.2 Å². The van der Waals surface area contributed by atoms with Crippen LogP contribution in [-0.2, 0) is 0 Å². The quantitative estimate of drug-likeness (QED) is 0.412. The summed E-state index contributed by atoms with van der Waals surface area (Å²) >= 11 is 3.21. The van der Waals surface area contributed by atoms with E-state index in [0.29, 0.717) is 17.9 Å². The molecule has 3 heterocycles. The molecule has 5 nitrogen and oxygen atoms in total. The van der Waals surface area contributed by atoms with E-state index in [4.69, 9.17) is 14.2 Å². The number of ketones is 1. The minimum absolute atomic E-state index is 0.0908. The molecule has 0 saturated carbocycles. The van der Waals surface area contributed by atoms with E-state index in [1.54, 1.807) is 22.7 Å². The fraction of sp³-hybridized carbons (Fsp3) is 0.318. The Kier molecular flexibility index (Phi) is 6.49. The zero-order valence-corrected chi connectivity index (χ0v) is 17.8. The number of carbonyl (C=O) groups is 1. The molecule has 152 valence electrons. The first-order valence-corrected chi connectivity index (χ1v) is 11.4. The van der Waals surface area contributed by atoms with Crippen LogP contribution in [0.4, 0.5) is 0 Å². The van der Waals surface area contributed by atoms with Crippen molar-refractivity contribution < 1.29 is 19.0 Å². The Morgan fingerprint density at radius 1 is 1.14 bits per heavy atom. The molecule has 4 rings (SSSR count). The van der Waals surface area contributed by atoms with Gasteiger partial charge in [-0.3, -0.25) is 4.79 Å². The largest absolute Gasteiger partial charge is 0.482 e. The van der Waals surface area contributed by atoms with Gasteiger partial charge in [-0.2, -0.15) is 22.7 Å². The molecule has 0 aliphatic carbocycles. The highest BCUT2D eigenvalue weighted by atomic mass is 32.1. The molecule has 0 spiro atoms. The Bertz CT molecular complexity index is 924. The molecule has 0 bridgehead atoms. The van der Waals surface area contributed by atoms with Gasteiger partial charge in [0.05, 0.1) is 0 Å². The predicted molar refractivity (Wildman–Crippen MR) is 116 cm³/mol. The summed E-state index contributed by atoms with van der Waals surface area (Å²) in [7, 11) is 2.04. The Hall–Kier alpha value is -2.35. The minimum atomic E-state index is -0.0908. The maximum absolute atomic E-state index is 12.2. The van der Waals surface area contributed by atoms with Crippen LogP contribution in [0.2, 0.25) is 0 Å². The average molecular weight is 430 g/mol. The number of rotatable bonds is 10. The Balaban J connectivity index is 1.36. The molecule has 2 aromatic heterocycles. The first-order chi connectivity index (χ1) is 14.2. The van der Waals surface area contributed by atoms with Crippen molar-refractivity contribution in [3.63, 3.8) is 0 Å². The number of benzene rings is 1. The van der Waals surface area contributed by atoms with Crippen molar-refractivity contribution in [3.05, 3.63) is 63.0 Å². The van der Waals surface area contributed by atoms with Crippen molar-refractivity contribution in [1.29, 1.82) is 0 Å². The van der Waals surface area contributed by atoms with E-state index < -0.39 is 0 Å². The number of nitrogens with zero attached hydrogens (tertiary/aromatic N) is 1. The number of thiophene rings is 2. The fourth-order valence-corrected chi connectivity index (χ4v) is 4.57. The summed E-state index contributed by atoms with van der Waals surface area (Å²) in [5, 5.41) is 8.02. The Morgan fingerprint density at radius 2 is 2.00 bits per heavy atom. The summed E-state index contributed by atoms with van der Waals surface area (Å²) in [6, 6.07) is 9.69. The van der Waals surface area contributed by atoms with Crippen LogP contribution in [0, 0.1) is 0 Å². The van der Waals surface area contributed by atoms with Gasteiger partial charge in [0.2, 0.25) is 12.5 Å². The second kappa shape index (κ2) is 9.43. The molecule has 0 N–H and O–H groups in total. The highest BCUT2D eigenvalue weighted by Crippen LogP contribution is 2.42. The average Bonchev–Trinajstić information content (AvgIpc) is 3.50. The SMILES string of the molecule is CN(CCC(=O)c1ccsc1)CCC(Oc1cccc2c1OCO2)c1ccsc1. The molecule has 1 aliphatic heterocycles. The molecule has 1 atom stereocenters. The van der Waals surface area contributed by atoms with Crippen molar-refractivity contribution in [2.75, 3.05) is 26.9 Å². The van der Waals surface area contributed by atoms with E-state index in [0.717, 1.165) is 36.4 Å². The monoisotopic (exact) mass is 429 g/mol. The van der Waals surface area contributed by atoms with Crippen LogP contribution in [0.5, 0.6) is 17.2 Å². The zero-order valence-electron chi connectivity index (χ0n) is 16.2. The molecule has 0 amide bonds. The molecule has 1 unspecified atom stereocenters. The summed E-state index contributed by atoms with van der Waals surface area (Å²) in [4.78, 5) is 14.4. The Labute approximate surface area is 178 Å². The molecule has 0 fully saturated rings. The van der Waals surface area contributed by atoms with E-state index in [9.17, 15) is 4.79 Å². The van der Waals surface area contributed by atoms with Crippen molar-refractivity contribution in [2.45, 2.75) is 18.9 Å². The van der Waals surface area contributed by atoms with Gasteiger partial charge in [-0.05, 0) is 47.5 Å². The molecule has 1 aliphatic rings. The summed E-state index contributed by atoms with van der Waals surface area (Å²) in [6.07, 6.45) is 1.24. The topological polar surface area (TPSA) is 48.0 Å². The van der Waals surface area contributed by atoms with Crippen LogP contribution in [-0.4, -0.2) is 37.6 Å². The van der Waals surface area contributed by atoms with Crippen molar-refractivity contribution in [3.8, 4) is 17.2 Å². The van der Waals surface area contributed by atoms with Gasteiger partial charge in [-0.15, -0.1) is 0 Å². The second-order valence-corrected chi connectivity index (χ2v) is 8.49. The highest BCUT2D eigenvalue weighted by Gasteiger charge is 2.22. The smallest absolute Gasteiger partial charge is 0.231 e. The summed E-state index contributed by atoms with van der Waals surface area (Å²) in [5.41, 5.74) is 1.96. The van der Waals surface area contributed by atoms with Gasteiger partial charge < -0.3 is 19.1 Å². The predicted octanol–water partition coefficient (Wildman–Crippen LogP) is 5.25. The van der Waals surface area contributed by atoms with E-state index >= 15 is 0 Å². The zero-order chi connectivity index (χ0) is 20.1. The lowest BCUT2D eigenvalue weighted by Gasteiger charge is -2.23. The van der Waals surface area contributed by atoms with E-state index in [1.165, 1.54) is 0 Å². The standard InChI is InChI=1S/C22H23NO4S2/c1-23(9-5-18(24)16-7-11-28-13-16)10-6-19(17-8-12-29-14-17)27-21-4-2-3-20-22(21)26-15-25-20/h2-4,7-8,11-14,19H,5-6,9-10,15H2,1H3. The molecule has 0 saturated heterocycles. The first kappa shape index (κ1) is 19.9. The number of Topliss-reactive ketones (excluding diaryl/α,β-unsaturated/α-hetero) is 1. The molecular weight excluding hydrogens is 406 g/mol. The summed E-state index contributed by atoms with van der Waals surface area (Å²) in [6.45, 7) is 1.77. The minimum Gasteiger partial charge on any atom is -0.482 e. The van der Waals surface area contributed by atoms with Crippen LogP contribution in [0.15, 0.2) is 51.9 Å². The van der Waals surface area contributed by atoms with Crippen molar-refractivity contribution in [2.24, 2.45) is 0 Å². The number of ether oxygens (including phenoxy) is 3. The first-order valence-electron chi connectivity index (χ1n) is 9.52. The van der Waals surface area contributed by atoms with E-state index in [-0.39, 0.29) is 18.7 Å². The molecule has 0 radical (unpaired) electrons. The van der Waals surface area contributed by atoms with Gasteiger partial charge >= 0.3 is 0 Å². The third kappa shape index (κ3) is 4.98. The molecule has 3 aromatic rings. The lowest BCUT2D eigenvalue weighted by atomic mass is 10.1. The third-order valence-corrected chi connectivity index (χ3v) is 6.27. The summed E-state index contributed by atoms with van der Waals surface area (Å²) < 4.78 is 17.4. The van der Waals surface area contributed by atoms with Gasteiger partial charge in [-0.1, -0.05) is 6.07 Å². The van der Waals surface area contributed by atoms with E-state index in [1.807, 2.05) is 42.1 Å². The third-order valence-electron chi connectivity index (χ3n) is 4.88. The van der Waals surface area contributed by atoms with Crippen LogP contribution >= 0.6 is 22.7 Å². The maximum Gasteiger partial charge on any atom is 0.231 e. The lowest BCUT2D eigenvalue weighted by molar-refractivity contribution is 0.0965. The van der Waals surface area contributed by atoms with E-state index in [2.05, 4.69) is 21.7 Å². The van der Waals surface area contributed by atoms with Crippen molar-refractivity contribution in [1.82, 2.24) is 4.90 Å². The van der Waals surface area contributed by atoms with Crippen LogP contribution in [0.25, 0.3) is 0 Å². The van der Waals surface area contributed by atoms with Gasteiger partial charge in [-0.25, -0.2) is 0 Å². The summed E-state index contributed by atoms with van der Waals surface area (Å²) in [5.74, 6) is 2.28. The lowest BCUT2D eigenvalue weighted by Crippen LogP contribution is -2.25. The van der Waals surface area contributed by atoms with Gasteiger partial charge in [0.15, 0.2) is 17.3 Å². The number of hydrogen-bond acceptors (Lipinski definition) is 7. The van der Waals surface area contributed by atoms with Gasteiger partial charge in [0.25, 0.3) is 0 Å². The number of para-hydroxylation sites is 1.